The van der Waals surface area contributed by atoms with E-state index < -0.39 is 75.6 Å². The van der Waals surface area contributed by atoms with Gasteiger partial charge in [-0.15, -0.1) is 0 Å². The number of carbonyl (C=O) groups excluding carboxylic acids is 3. The number of fused-ring (bicyclic) bond motifs is 4. The Labute approximate surface area is 233 Å². The summed E-state index contributed by atoms with van der Waals surface area (Å²) in [6.45, 7) is 1.68. The lowest BCUT2D eigenvalue weighted by Gasteiger charge is -2.53. The average molecular weight is 561 g/mol. The van der Waals surface area contributed by atoms with E-state index in [0.29, 0.717) is 22.5 Å². The van der Waals surface area contributed by atoms with Crippen LogP contribution < -0.4 is 5.73 Å². The Balaban J connectivity index is 1.63. The van der Waals surface area contributed by atoms with E-state index in [9.17, 15) is 39.9 Å². The quantitative estimate of drug-likeness (QED) is 0.258. The fourth-order valence-corrected chi connectivity index (χ4v) is 7.03. The first-order valence-corrected chi connectivity index (χ1v) is 13.0. The lowest BCUT2D eigenvalue weighted by molar-refractivity contribution is -0.169. The van der Waals surface area contributed by atoms with E-state index in [-0.39, 0.29) is 11.3 Å². The molecule has 6 rings (SSSR count). The Kier molecular flexibility index (Phi) is 5.73. The number of likely N-dealkylation sites (N-methyl/N-ethyl adjacent to an activating group) is 1. The first kappa shape index (κ1) is 26.8. The average Bonchev–Trinajstić information content (AvgIpc) is 3.34. The zero-order valence-corrected chi connectivity index (χ0v) is 22.3. The topological polar surface area (TPSA) is 195 Å². The maximum absolute atomic E-state index is 14.1. The number of aliphatic hydroxyl groups excluding tert-OH is 3. The number of phenolic OH excluding ortho intramolecular Hbond substituents is 1. The van der Waals surface area contributed by atoms with Crippen molar-refractivity contribution in [3.8, 4) is 17.1 Å². The molecule has 6 atom stereocenters. The number of phenols is 1. The predicted molar refractivity (Wildman–Crippen MR) is 146 cm³/mol. The van der Waals surface area contributed by atoms with Crippen molar-refractivity contribution in [1.29, 1.82) is 0 Å². The maximum atomic E-state index is 14.1. The molecule has 1 heterocycles. The SMILES string of the molecule is C[C@H]1c2c(-c3cc4ccccc4o3)ccc(O)c2C(O)=C2C(=O)[C@]3(O)C(O)=C(C(N)=O)C(=O)[C@@H](N(C)C)[C@@H]3[C@@H](O)[C@@H]21. The summed E-state index contributed by atoms with van der Waals surface area (Å²) in [6, 6.07) is 10.6. The molecule has 3 aliphatic rings. The molecule has 1 fully saturated rings. The lowest BCUT2D eigenvalue weighted by atomic mass is 9.54. The molecule has 0 radical (unpaired) electrons. The van der Waals surface area contributed by atoms with Crippen molar-refractivity contribution >= 4 is 34.2 Å². The van der Waals surface area contributed by atoms with E-state index >= 15 is 0 Å². The number of ketones is 2. The summed E-state index contributed by atoms with van der Waals surface area (Å²) in [5.41, 5.74) is 2.37. The van der Waals surface area contributed by atoms with Gasteiger partial charge in [0.2, 0.25) is 5.78 Å². The molecule has 7 N–H and O–H groups in total. The van der Waals surface area contributed by atoms with Crippen LogP contribution in [0.2, 0.25) is 0 Å². The second-order valence-corrected chi connectivity index (χ2v) is 11.1. The molecular weight excluding hydrogens is 532 g/mol. The number of hydrogen-bond donors (Lipinski definition) is 6. The number of amides is 1. The largest absolute Gasteiger partial charge is 0.508 e. The highest BCUT2D eigenvalue weighted by Gasteiger charge is 2.68. The van der Waals surface area contributed by atoms with Gasteiger partial charge in [-0.1, -0.05) is 25.1 Å². The van der Waals surface area contributed by atoms with Gasteiger partial charge >= 0.3 is 0 Å². The van der Waals surface area contributed by atoms with Crippen molar-refractivity contribution in [2.24, 2.45) is 17.6 Å². The van der Waals surface area contributed by atoms with Gasteiger partial charge in [0.25, 0.3) is 5.91 Å². The van der Waals surface area contributed by atoms with Crippen LogP contribution in [0.1, 0.15) is 24.0 Å². The molecule has 0 unspecified atom stereocenters. The fourth-order valence-electron chi connectivity index (χ4n) is 7.03. The van der Waals surface area contributed by atoms with Crippen molar-refractivity contribution in [2.45, 2.75) is 30.6 Å². The molecule has 3 aromatic rings. The second kappa shape index (κ2) is 8.77. The number of benzene rings is 2. The normalized spacial score (nSPS) is 29.6. The van der Waals surface area contributed by atoms with E-state index in [1.165, 1.54) is 25.1 Å². The summed E-state index contributed by atoms with van der Waals surface area (Å²) in [5, 5.41) is 57.9. The number of aliphatic hydroxyl groups is 4. The minimum Gasteiger partial charge on any atom is -0.508 e. The molecule has 0 aliphatic heterocycles. The van der Waals surface area contributed by atoms with E-state index in [2.05, 4.69) is 0 Å². The Morgan fingerprint density at radius 2 is 1.76 bits per heavy atom. The summed E-state index contributed by atoms with van der Waals surface area (Å²) in [6.07, 6.45) is -1.68. The molecule has 1 aromatic heterocycles. The molecule has 11 heteroatoms. The van der Waals surface area contributed by atoms with Crippen LogP contribution >= 0.6 is 0 Å². The minimum absolute atomic E-state index is 0.0982. The van der Waals surface area contributed by atoms with E-state index in [0.717, 1.165) is 5.39 Å². The zero-order valence-electron chi connectivity index (χ0n) is 22.3. The van der Waals surface area contributed by atoms with Crippen molar-refractivity contribution in [3.63, 3.8) is 0 Å². The van der Waals surface area contributed by atoms with Gasteiger partial charge in [-0.2, -0.15) is 0 Å². The van der Waals surface area contributed by atoms with Crippen molar-refractivity contribution in [2.75, 3.05) is 14.1 Å². The van der Waals surface area contributed by atoms with Crippen LogP contribution in [0.3, 0.4) is 0 Å². The van der Waals surface area contributed by atoms with Gasteiger partial charge in [0.05, 0.1) is 23.6 Å². The van der Waals surface area contributed by atoms with Gasteiger partial charge < -0.3 is 35.7 Å². The minimum atomic E-state index is -2.96. The highest BCUT2D eigenvalue weighted by atomic mass is 16.4. The van der Waals surface area contributed by atoms with Gasteiger partial charge in [0, 0.05) is 22.4 Å². The molecule has 0 saturated heterocycles. The number of aromatic hydroxyl groups is 1. The molecule has 1 saturated carbocycles. The highest BCUT2D eigenvalue weighted by molar-refractivity contribution is 6.24. The Morgan fingerprint density at radius 3 is 2.39 bits per heavy atom. The molecule has 0 bridgehead atoms. The van der Waals surface area contributed by atoms with Crippen LogP contribution in [-0.4, -0.2) is 79.7 Å². The van der Waals surface area contributed by atoms with Crippen molar-refractivity contribution in [1.82, 2.24) is 4.90 Å². The van der Waals surface area contributed by atoms with Crippen LogP contribution in [0.15, 0.2) is 63.8 Å². The molecule has 1 amide bonds. The van der Waals surface area contributed by atoms with Gasteiger partial charge in [0.15, 0.2) is 11.4 Å². The zero-order chi connectivity index (χ0) is 29.7. The van der Waals surface area contributed by atoms with Gasteiger partial charge in [-0.25, -0.2) is 0 Å². The monoisotopic (exact) mass is 560 g/mol. The van der Waals surface area contributed by atoms with Crippen molar-refractivity contribution < 1.29 is 44.3 Å². The van der Waals surface area contributed by atoms with Crippen LogP contribution in [-0.2, 0) is 14.4 Å². The molecular formula is C30H28N2O9. The third-order valence-corrected chi connectivity index (χ3v) is 8.80. The van der Waals surface area contributed by atoms with Crippen LogP contribution in [0.25, 0.3) is 28.1 Å². The molecule has 212 valence electrons. The third kappa shape index (κ3) is 3.33. The number of furan rings is 1. The number of Topliss-reactive ketones (excluding diaryl/α,β-unsaturated/α-hetero) is 2. The summed E-state index contributed by atoms with van der Waals surface area (Å²) in [7, 11) is 2.92. The smallest absolute Gasteiger partial charge is 0.255 e. The van der Waals surface area contributed by atoms with Gasteiger partial charge in [0.1, 0.15) is 34.2 Å². The van der Waals surface area contributed by atoms with Crippen LogP contribution in [0, 0.1) is 11.8 Å². The summed E-state index contributed by atoms with van der Waals surface area (Å²) in [4.78, 5) is 40.9. The standard InChI is InChI=1S/C30H28N2O9/c1-11-17-13(16-10-12-6-4-5-7-15(12)41-16)8-9-14(33)19(17)24(34)20-18(11)25(35)22-23(32(2)3)26(36)21(29(31)39)28(38)30(22,40)27(20)37/h4-11,18,22-23,25,33-35,38,40H,1-3H3,(H2,31,39)/t11-,18+,22+,23-,25-,30-/m0/s1. The number of hydrogen-bond acceptors (Lipinski definition) is 10. The Hall–Kier alpha value is -4.45. The lowest BCUT2D eigenvalue weighted by Crippen LogP contribution is -2.70. The highest BCUT2D eigenvalue weighted by Crippen LogP contribution is 2.57. The van der Waals surface area contributed by atoms with Crippen LogP contribution in [0.4, 0.5) is 0 Å². The second-order valence-electron chi connectivity index (χ2n) is 11.1. The summed E-state index contributed by atoms with van der Waals surface area (Å²) >= 11 is 0. The first-order valence-electron chi connectivity index (χ1n) is 13.0. The van der Waals surface area contributed by atoms with Gasteiger partial charge in [-0.05, 0) is 49.8 Å². The Morgan fingerprint density at radius 1 is 1.07 bits per heavy atom. The first-order chi connectivity index (χ1) is 19.3. The van der Waals surface area contributed by atoms with E-state index in [1.54, 1.807) is 25.1 Å². The van der Waals surface area contributed by atoms with Crippen LogP contribution in [0.5, 0.6) is 5.75 Å². The summed E-state index contributed by atoms with van der Waals surface area (Å²) < 4.78 is 6.06. The fraction of sp³-hybridized carbons (Fsp3) is 0.300. The molecule has 0 spiro atoms. The Bertz CT molecular complexity index is 1720. The number of nitrogens with zero attached hydrogens (tertiary/aromatic N) is 1. The number of carbonyl (C=O) groups is 3. The predicted octanol–water partition coefficient (Wildman–Crippen LogP) is 1.91. The number of nitrogens with two attached hydrogens (primary N) is 1. The molecule has 2 aromatic carbocycles. The number of primary amides is 1. The maximum Gasteiger partial charge on any atom is 0.255 e. The number of rotatable bonds is 3. The van der Waals surface area contributed by atoms with E-state index in [4.69, 9.17) is 10.2 Å². The molecule has 11 nitrogen and oxygen atoms in total. The summed E-state index contributed by atoms with van der Waals surface area (Å²) in [5.74, 6) is -9.03. The molecule has 41 heavy (non-hydrogen) atoms. The van der Waals surface area contributed by atoms with E-state index in [1.807, 2.05) is 18.2 Å². The third-order valence-electron chi connectivity index (χ3n) is 8.80. The number of para-hydroxylation sites is 1. The van der Waals surface area contributed by atoms with Gasteiger partial charge in [-0.3, -0.25) is 19.3 Å². The van der Waals surface area contributed by atoms with Crippen molar-refractivity contribution in [3.05, 3.63) is 70.5 Å². The molecule has 3 aliphatic carbocycles.